The van der Waals surface area contributed by atoms with Crippen molar-refractivity contribution in [3.8, 4) is 5.75 Å². The summed E-state index contributed by atoms with van der Waals surface area (Å²) in [4.78, 5) is 38.4. The molecule has 0 aliphatic carbocycles. The van der Waals surface area contributed by atoms with E-state index in [1.54, 1.807) is 66.7 Å². The number of aromatic nitrogens is 2. The van der Waals surface area contributed by atoms with Crippen LogP contribution >= 0.6 is 0 Å². The van der Waals surface area contributed by atoms with Crippen LogP contribution in [0.5, 0.6) is 5.75 Å². The molecule has 3 aromatic carbocycles. The second-order valence-corrected chi connectivity index (χ2v) is 6.70. The van der Waals surface area contributed by atoms with Crippen LogP contribution < -0.4 is 16.0 Å². The van der Waals surface area contributed by atoms with Gasteiger partial charge in [0.05, 0.1) is 22.7 Å². The molecule has 31 heavy (non-hydrogen) atoms. The Morgan fingerprint density at radius 1 is 1.03 bits per heavy atom. The summed E-state index contributed by atoms with van der Waals surface area (Å²) in [5.41, 5.74) is 0.829. The predicted octanol–water partition coefficient (Wildman–Crippen LogP) is 2.85. The van der Waals surface area contributed by atoms with Gasteiger partial charge in [-0.15, -0.1) is 4.68 Å². The first-order valence-corrected chi connectivity index (χ1v) is 9.35. The summed E-state index contributed by atoms with van der Waals surface area (Å²) >= 11 is 0. The van der Waals surface area contributed by atoms with Crippen LogP contribution in [0.15, 0.2) is 87.5 Å². The molecule has 0 amide bonds. The van der Waals surface area contributed by atoms with E-state index >= 15 is 0 Å². The zero-order valence-electron chi connectivity index (χ0n) is 16.2. The number of aromatic carboxylic acids is 1. The van der Waals surface area contributed by atoms with Gasteiger partial charge in [-0.25, -0.2) is 9.59 Å². The first-order chi connectivity index (χ1) is 15.0. The van der Waals surface area contributed by atoms with Gasteiger partial charge < -0.3 is 14.8 Å². The molecule has 4 rings (SSSR count). The van der Waals surface area contributed by atoms with Crippen LogP contribution in [0.2, 0.25) is 0 Å². The predicted molar refractivity (Wildman–Crippen MR) is 116 cm³/mol. The highest BCUT2D eigenvalue weighted by Crippen LogP contribution is 2.15. The molecular weight excluding hydrogens is 398 g/mol. The fraction of sp³-hybridized carbons (Fsp3) is 0.0435. The van der Waals surface area contributed by atoms with Gasteiger partial charge in [0.1, 0.15) is 12.4 Å². The Balaban J connectivity index is 1.54. The Kier molecular flexibility index (Phi) is 5.44. The van der Waals surface area contributed by atoms with Crippen molar-refractivity contribution in [2.24, 2.45) is 5.10 Å². The topological polar surface area (TPSA) is 114 Å². The first kappa shape index (κ1) is 19.8. The largest absolute Gasteiger partial charge is 0.489 e. The van der Waals surface area contributed by atoms with Crippen molar-refractivity contribution in [2.45, 2.75) is 6.61 Å². The number of ether oxygens (including phenoxy) is 1. The Morgan fingerprint density at radius 3 is 2.68 bits per heavy atom. The van der Waals surface area contributed by atoms with Crippen molar-refractivity contribution in [3.05, 3.63) is 110 Å². The van der Waals surface area contributed by atoms with E-state index in [1.807, 2.05) is 0 Å². The number of nitrogens with one attached hydrogen (secondary N) is 1. The summed E-state index contributed by atoms with van der Waals surface area (Å²) in [6, 6.07) is 20.1. The molecule has 0 radical (unpaired) electrons. The maximum Gasteiger partial charge on any atom is 0.349 e. The van der Waals surface area contributed by atoms with E-state index in [2.05, 4.69) is 10.1 Å². The Bertz CT molecular complexity index is 1420. The van der Waals surface area contributed by atoms with Crippen LogP contribution in [0.3, 0.4) is 0 Å². The molecule has 0 saturated heterocycles. The molecule has 0 aliphatic rings. The van der Waals surface area contributed by atoms with Crippen LogP contribution in [0, 0.1) is 0 Å². The third-order valence-electron chi connectivity index (χ3n) is 4.54. The third-order valence-corrected chi connectivity index (χ3v) is 4.54. The highest BCUT2D eigenvalue weighted by atomic mass is 16.5. The molecule has 0 unspecified atom stereocenters. The van der Waals surface area contributed by atoms with Crippen molar-refractivity contribution < 1.29 is 14.6 Å². The zero-order valence-corrected chi connectivity index (χ0v) is 16.2. The number of rotatable bonds is 6. The molecule has 1 aromatic heterocycles. The van der Waals surface area contributed by atoms with E-state index in [0.717, 1.165) is 4.68 Å². The van der Waals surface area contributed by atoms with Crippen molar-refractivity contribution >= 4 is 23.1 Å². The lowest BCUT2D eigenvalue weighted by molar-refractivity contribution is 0.0696. The lowest BCUT2D eigenvalue weighted by Crippen LogP contribution is -2.32. The molecule has 2 N–H and O–H groups in total. The Hall–Kier alpha value is -4.46. The molecule has 0 bridgehead atoms. The lowest BCUT2D eigenvalue weighted by atomic mass is 10.1. The quantitative estimate of drug-likeness (QED) is 0.470. The number of hydrogen-bond donors (Lipinski definition) is 2. The molecule has 0 fully saturated rings. The normalized spacial score (nSPS) is 11.1. The number of fused-ring (bicyclic) bond motifs is 1. The van der Waals surface area contributed by atoms with Crippen LogP contribution in [0.4, 0.5) is 0 Å². The van der Waals surface area contributed by atoms with Crippen LogP contribution in [-0.4, -0.2) is 27.0 Å². The van der Waals surface area contributed by atoms with Crippen molar-refractivity contribution in [3.63, 3.8) is 0 Å². The minimum atomic E-state index is -1.00. The molecule has 0 saturated carbocycles. The number of carboxylic acids is 1. The van der Waals surface area contributed by atoms with Crippen molar-refractivity contribution in [1.29, 1.82) is 0 Å². The number of hydrogen-bond acceptors (Lipinski definition) is 5. The second kappa shape index (κ2) is 8.50. The fourth-order valence-electron chi connectivity index (χ4n) is 3.03. The van der Waals surface area contributed by atoms with E-state index in [0.29, 0.717) is 27.8 Å². The number of carboxylic acid groups (broad SMARTS) is 1. The zero-order chi connectivity index (χ0) is 21.8. The van der Waals surface area contributed by atoms with Gasteiger partial charge >= 0.3 is 11.7 Å². The van der Waals surface area contributed by atoms with Crippen LogP contribution in [-0.2, 0) is 6.61 Å². The van der Waals surface area contributed by atoms with Gasteiger partial charge in [0.25, 0.3) is 5.56 Å². The number of nitrogens with zero attached hydrogens (tertiary/aromatic N) is 2. The number of H-pyrrole nitrogens is 1. The van der Waals surface area contributed by atoms with Crippen molar-refractivity contribution in [2.75, 3.05) is 0 Å². The van der Waals surface area contributed by atoms with Gasteiger partial charge in [-0.2, -0.15) is 5.10 Å². The molecule has 0 aliphatic heterocycles. The molecule has 0 atom stereocenters. The van der Waals surface area contributed by atoms with Crippen LogP contribution in [0.1, 0.15) is 21.5 Å². The van der Waals surface area contributed by atoms with Gasteiger partial charge in [-0.3, -0.25) is 4.79 Å². The molecule has 8 heteroatoms. The summed E-state index contributed by atoms with van der Waals surface area (Å²) in [6.07, 6.45) is 1.39. The molecule has 154 valence electrons. The van der Waals surface area contributed by atoms with Gasteiger partial charge in [0.15, 0.2) is 0 Å². The fourth-order valence-corrected chi connectivity index (χ4v) is 3.03. The van der Waals surface area contributed by atoms with E-state index in [1.165, 1.54) is 12.3 Å². The van der Waals surface area contributed by atoms with Crippen molar-refractivity contribution in [1.82, 2.24) is 9.66 Å². The number of aromatic amines is 1. The molecule has 4 aromatic rings. The standard InChI is InChI=1S/C23H17N3O5/c27-21-19-9-1-2-10-20(19)25-23(30)26(21)24-13-15-5-4-8-18(12-15)31-14-16-6-3-7-17(11-16)22(28)29/h1-13H,14H2,(H,25,30)(H,28,29). The lowest BCUT2D eigenvalue weighted by Gasteiger charge is -2.07. The number of carbonyl (C=O) groups is 1. The Labute approximate surface area is 175 Å². The highest BCUT2D eigenvalue weighted by molar-refractivity contribution is 5.87. The molecule has 8 nitrogen and oxygen atoms in total. The summed E-state index contributed by atoms with van der Waals surface area (Å²) in [5, 5.41) is 13.5. The summed E-state index contributed by atoms with van der Waals surface area (Å²) in [7, 11) is 0. The maximum absolute atomic E-state index is 12.5. The molecule has 0 spiro atoms. The molecular formula is C23H17N3O5. The number of para-hydroxylation sites is 1. The highest BCUT2D eigenvalue weighted by Gasteiger charge is 2.06. The SMILES string of the molecule is O=C(O)c1cccc(COc2cccc(C=Nn3c(=O)[nH]c4ccccc4c3=O)c2)c1. The van der Waals surface area contributed by atoms with E-state index in [4.69, 9.17) is 9.84 Å². The van der Waals surface area contributed by atoms with Gasteiger partial charge in [0, 0.05) is 0 Å². The van der Waals surface area contributed by atoms with Gasteiger partial charge in [0.2, 0.25) is 0 Å². The summed E-state index contributed by atoms with van der Waals surface area (Å²) in [6.45, 7) is 0.186. The third kappa shape index (κ3) is 4.43. The average molecular weight is 415 g/mol. The maximum atomic E-state index is 12.5. The molecule has 1 heterocycles. The summed E-state index contributed by atoms with van der Waals surface area (Å²) < 4.78 is 6.50. The minimum absolute atomic E-state index is 0.186. The van der Waals surface area contributed by atoms with E-state index < -0.39 is 17.2 Å². The number of benzene rings is 3. The second-order valence-electron chi connectivity index (χ2n) is 6.70. The van der Waals surface area contributed by atoms with Crippen LogP contribution in [0.25, 0.3) is 10.9 Å². The Morgan fingerprint density at radius 2 is 1.84 bits per heavy atom. The minimum Gasteiger partial charge on any atom is -0.489 e. The van der Waals surface area contributed by atoms with Gasteiger partial charge in [-0.05, 0) is 47.5 Å². The van der Waals surface area contributed by atoms with Gasteiger partial charge in [-0.1, -0.05) is 36.4 Å². The first-order valence-electron chi connectivity index (χ1n) is 9.35. The monoisotopic (exact) mass is 415 g/mol. The van der Waals surface area contributed by atoms with E-state index in [-0.39, 0.29) is 12.2 Å². The van der Waals surface area contributed by atoms with E-state index in [9.17, 15) is 14.4 Å². The average Bonchev–Trinajstić information content (AvgIpc) is 2.78. The smallest absolute Gasteiger partial charge is 0.349 e. The summed E-state index contributed by atoms with van der Waals surface area (Å²) in [5.74, 6) is -0.469.